The van der Waals surface area contributed by atoms with E-state index >= 15 is 0 Å². The lowest BCUT2D eigenvalue weighted by Gasteiger charge is -2.16. The number of nitrogens with one attached hydrogen (secondary N) is 2. The van der Waals surface area contributed by atoms with Gasteiger partial charge in [0.1, 0.15) is 12.3 Å². The average Bonchev–Trinajstić information content (AvgIpc) is 3.02. The van der Waals surface area contributed by atoms with Crippen molar-refractivity contribution >= 4 is 5.96 Å². The lowest BCUT2D eigenvalue weighted by Crippen LogP contribution is -2.39. The number of aromatic nitrogens is 2. The number of hydrogen-bond acceptors (Lipinski definition) is 6. The molecule has 0 aliphatic carbocycles. The second-order valence-corrected chi connectivity index (χ2v) is 6.06. The van der Waals surface area contributed by atoms with Gasteiger partial charge in [0.2, 0.25) is 5.89 Å². The molecule has 0 bridgehead atoms. The van der Waals surface area contributed by atoms with E-state index in [0.29, 0.717) is 37.3 Å². The van der Waals surface area contributed by atoms with Crippen molar-refractivity contribution < 1.29 is 14.4 Å². The maximum atomic E-state index is 10.4. The van der Waals surface area contributed by atoms with E-state index in [4.69, 9.17) is 9.26 Å². The summed E-state index contributed by atoms with van der Waals surface area (Å²) in [7, 11) is 0. The third-order valence-corrected chi connectivity index (χ3v) is 3.39. The number of nitrogens with zero attached hydrogens (tertiary/aromatic N) is 3. The standard InChI is InChI=1S/C18H27N5O3/c1-5-19-18(21-11-17-22-13(4)26-23-17)20-10-16(24)14-6-8-15(9-7-14)25-12(2)3/h6-9,12,16,24H,5,10-11H2,1-4H3,(H2,19,20,21). The van der Waals surface area contributed by atoms with E-state index in [2.05, 4.69) is 25.8 Å². The molecule has 1 atom stereocenters. The minimum atomic E-state index is -0.667. The summed E-state index contributed by atoms with van der Waals surface area (Å²) < 4.78 is 10.5. The van der Waals surface area contributed by atoms with Gasteiger partial charge in [0.15, 0.2) is 11.8 Å². The van der Waals surface area contributed by atoms with Crippen LogP contribution >= 0.6 is 0 Å². The first-order valence-corrected chi connectivity index (χ1v) is 8.74. The molecule has 2 aromatic rings. The number of benzene rings is 1. The molecule has 26 heavy (non-hydrogen) atoms. The fourth-order valence-electron chi connectivity index (χ4n) is 2.25. The highest BCUT2D eigenvalue weighted by atomic mass is 16.5. The summed E-state index contributed by atoms with van der Waals surface area (Å²) in [5.41, 5.74) is 0.804. The first kappa shape index (κ1) is 19.7. The molecule has 0 fully saturated rings. The maximum Gasteiger partial charge on any atom is 0.223 e. The molecule has 3 N–H and O–H groups in total. The van der Waals surface area contributed by atoms with E-state index in [1.54, 1.807) is 6.92 Å². The zero-order chi connectivity index (χ0) is 18.9. The van der Waals surface area contributed by atoms with Crippen LogP contribution in [-0.2, 0) is 6.54 Å². The predicted molar refractivity (Wildman–Crippen MR) is 99.0 cm³/mol. The van der Waals surface area contributed by atoms with Crippen molar-refractivity contribution in [3.63, 3.8) is 0 Å². The van der Waals surface area contributed by atoms with Gasteiger partial charge in [0.05, 0.1) is 12.2 Å². The molecule has 0 aliphatic heterocycles. The molecule has 0 saturated carbocycles. The van der Waals surface area contributed by atoms with Gasteiger partial charge in [-0.15, -0.1) is 0 Å². The molecular weight excluding hydrogens is 334 g/mol. The number of aliphatic hydroxyl groups is 1. The van der Waals surface area contributed by atoms with E-state index in [1.807, 2.05) is 45.0 Å². The first-order valence-electron chi connectivity index (χ1n) is 8.74. The monoisotopic (exact) mass is 361 g/mol. The number of ether oxygens (including phenoxy) is 1. The Morgan fingerprint density at radius 3 is 2.58 bits per heavy atom. The van der Waals surface area contributed by atoms with Gasteiger partial charge in [-0.05, 0) is 38.5 Å². The van der Waals surface area contributed by atoms with Gasteiger partial charge in [0, 0.05) is 20.0 Å². The van der Waals surface area contributed by atoms with Crippen molar-refractivity contribution in [3.05, 3.63) is 41.5 Å². The molecule has 0 aliphatic rings. The Bertz CT molecular complexity index is 697. The Morgan fingerprint density at radius 2 is 2.00 bits per heavy atom. The molecule has 1 aromatic carbocycles. The molecule has 8 heteroatoms. The van der Waals surface area contributed by atoms with Crippen LogP contribution in [0.2, 0.25) is 0 Å². The Labute approximate surface area is 153 Å². The zero-order valence-corrected chi connectivity index (χ0v) is 15.7. The quantitative estimate of drug-likeness (QED) is 0.487. The van der Waals surface area contributed by atoms with E-state index in [-0.39, 0.29) is 6.10 Å². The van der Waals surface area contributed by atoms with E-state index in [1.165, 1.54) is 0 Å². The van der Waals surface area contributed by atoms with E-state index < -0.39 is 6.10 Å². The molecule has 8 nitrogen and oxygen atoms in total. The SMILES string of the molecule is CCNC(=NCc1noc(C)n1)NCC(O)c1ccc(OC(C)C)cc1. The third-order valence-electron chi connectivity index (χ3n) is 3.39. The largest absolute Gasteiger partial charge is 0.491 e. The van der Waals surface area contributed by atoms with Gasteiger partial charge >= 0.3 is 0 Å². The Balaban J connectivity index is 1.90. The van der Waals surface area contributed by atoms with E-state index in [9.17, 15) is 5.11 Å². The fraction of sp³-hybridized carbons (Fsp3) is 0.500. The summed E-state index contributed by atoms with van der Waals surface area (Å²) in [6.45, 7) is 8.98. The summed E-state index contributed by atoms with van der Waals surface area (Å²) in [6, 6.07) is 7.43. The number of guanidine groups is 1. The minimum Gasteiger partial charge on any atom is -0.491 e. The molecule has 0 amide bonds. The molecule has 0 spiro atoms. The van der Waals surface area contributed by atoms with Crippen molar-refractivity contribution in [1.29, 1.82) is 0 Å². The lowest BCUT2D eigenvalue weighted by molar-refractivity contribution is 0.180. The number of aliphatic hydroxyl groups excluding tert-OH is 1. The fourth-order valence-corrected chi connectivity index (χ4v) is 2.25. The van der Waals surface area contributed by atoms with Gasteiger partial charge in [0.25, 0.3) is 0 Å². The molecule has 1 aromatic heterocycles. The first-order chi connectivity index (χ1) is 12.5. The highest BCUT2D eigenvalue weighted by Gasteiger charge is 2.10. The molecule has 0 saturated heterocycles. The van der Waals surface area contributed by atoms with Crippen LogP contribution in [0.1, 0.15) is 44.2 Å². The van der Waals surface area contributed by atoms with Crippen molar-refractivity contribution in [2.75, 3.05) is 13.1 Å². The summed E-state index contributed by atoms with van der Waals surface area (Å²) in [4.78, 5) is 8.50. The van der Waals surface area contributed by atoms with Crippen molar-refractivity contribution in [2.45, 2.75) is 46.4 Å². The van der Waals surface area contributed by atoms with Gasteiger partial charge < -0.3 is 25.0 Å². The van der Waals surface area contributed by atoms with E-state index in [0.717, 1.165) is 11.3 Å². The summed E-state index contributed by atoms with van der Waals surface area (Å²) in [5, 5.41) is 20.4. The second-order valence-electron chi connectivity index (χ2n) is 6.06. The normalized spacial score (nSPS) is 12.9. The van der Waals surface area contributed by atoms with Crippen LogP contribution in [0.25, 0.3) is 0 Å². The van der Waals surface area contributed by atoms with Gasteiger partial charge in [-0.1, -0.05) is 17.3 Å². The average molecular weight is 361 g/mol. The predicted octanol–water partition coefficient (Wildman–Crippen LogP) is 1.95. The van der Waals surface area contributed by atoms with Crippen LogP contribution < -0.4 is 15.4 Å². The molecule has 142 valence electrons. The van der Waals surface area contributed by atoms with Gasteiger partial charge in [-0.25, -0.2) is 4.99 Å². The Kier molecular flexibility index (Phi) is 7.40. The topological polar surface area (TPSA) is 105 Å². The van der Waals surface area contributed by atoms with Crippen molar-refractivity contribution in [3.8, 4) is 5.75 Å². The van der Waals surface area contributed by atoms with Crippen LogP contribution in [0.15, 0.2) is 33.8 Å². The maximum absolute atomic E-state index is 10.4. The van der Waals surface area contributed by atoms with Crippen molar-refractivity contribution in [1.82, 2.24) is 20.8 Å². The zero-order valence-electron chi connectivity index (χ0n) is 15.7. The van der Waals surface area contributed by atoms with Crippen LogP contribution in [-0.4, -0.2) is 40.4 Å². The second kappa shape index (κ2) is 9.76. The minimum absolute atomic E-state index is 0.120. The molecule has 2 rings (SSSR count). The molecule has 1 heterocycles. The Morgan fingerprint density at radius 1 is 1.27 bits per heavy atom. The number of rotatable bonds is 8. The van der Waals surface area contributed by atoms with Crippen LogP contribution in [0.4, 0.5) is 0 Å². The van der Waals surface area contributed by atoms with Crippen LogP contribution in [0, 0.1) is 6.92 Å². The lowest BCUT2D eigenvalue weighted by atomic mass is 10.1. The van der Waals surface area contributed by atoms with Gasteiger partial charge in [-0.2, -0.15) is 4.98 Å². The van der Waals surface area contributed by atoms with Gasteiger partial charge in [-0.3, -0.25) is 0 Å². The summed E-state index contributed by atoms with van der Waals surface area (Å²) >= 11 is 0. The van der Waals surface area contributed by atoms with Crippen LogP contribution in [0.5, 0.6) is 5.75 Å². The smallest absolute Gasteiger partial charge is 0.223 e. The number of aliphatic imine (C=N–C) groups is 1. The van der Waals surface area contributed by atoms with Crippen molar-refractivity contribution in [2.24, 2.45) is 4.99 Å². The highest BCUT2D eigenvalue weighted by molar-refractivity contribution is 5.79. The molecule has 0 radical (unpaired) electrons. The summed E-state index contributed by atoms with van der Waals surface area (Å²) in [6.07, 6.45) is -0.548. The molecule has 1 unspecified atom stereocenters. The highest BCUT2D eigenvalue weighted by Crippen LogP contribution is 2.18. The Hall–Kier alpha value is -2.61. The van der Waals surface area contributed by atoms with Crippen LogP contribution in [0.3, 0.4) is 0 Å². The summed E-state index contributed by atoms with van der Waals surface area (Å²) in [5.74, 6) is 2.39. The number of hydrogen-bond donors (Lipinski definition) is 3. The molecular formula is C18H27N5O3. The third kappa shape index (κ3) is 6.36. The number of aryl methyl sites for hydroxylation is 1.